The number of nitrogens with zero attached hydrogens (tertiary/aromatic N) is 1. The molecule has 0 aliphatic rings. The Bertz CT molecular complexity index is 768. The number of hydrogen-bond donors (Lipinski definition) is 1. The first kappa shape index (κ1) is 18.7. The normalized spacial score (nSPS) is 10.4. The predicted octanol–water partition coefficient (Wildman–Crippen LogP) is 4.25. The van der Waals surface area contributed by atoms with Gasteiger partial charge < -0.3 is 10.2 Å². The van der Waals surface area contributed by atoms with E-state index >= 15 is 0 Å². The van der Waals surface area contributed by atoms with E-state index in [0.29, 0.717) is 6.54 Å². The molecule has 2 aromatic carbocycles. The lowest BCUT2D eigenvalue weighted by Gasteiger charge is -2.23. The standard InChI is InChI=1S/C21H26N2O2/c1-5-18-11-8-10-16(3)21(18)22-20(25)13-14-23(17(4)24)19-12-7-6-9-15(19)2/h6-12H,5,13-14H2,1-4H3,(H,22,25). The molecule has 2 aromatic rings. The zero-order valence-electron chi connectivity index (χ0n) is 15.4. The number of anilines is 2. The van der Waals surface area contributed by atoms with Crippen LogP contribution in [0.25, 0.3) is 0 Å². The maximum atomic E-state index is 12.4. The number of carbonyl (C=O) groups is 2. The number of benzene rings is 2. The van der Waals surface area contributed by atoms with Crippen LogP contribution in [0.5, 0.6) is 0 Å². The number of amides is 2. The van der Waals surface area contributed by atoms with Crippen LogP contribution in [0, 0.1) is 13.8 Å². The van der Waals surface area contributed by atoms with Crippen LogP contribution in [-0.2, 0) is 16.0 Å². The second kappa shape index (κ2) is 8.47. The summed E-state index contributed by atoms with van der Waals surface area (Å²) >= 11 is 0. The third-order valence-electron chi connectivity index (χ3n) is 4.35. The summed E-state index contributed by atoms with van der Waals surface area (Å²) in [6, 6.07) is 13.7. The van der Waals surface area contributed by atoms with Crippen molar-refractivity contribution in [2.75, 3.05) is 16.8 Å². The van der Waals surface area contributed by atoms with Gasteiger partial charge in [0.2, 0.25) is 11.8 Å². The highest BCUT2D eigenvalue weighted by molar-refractivity contribution is 5.96. The first-order valence-electron chi connectivity index (χ1n) is 8.66. The van der Waals surface area contributed by atoms with E-state index in [-0.39, 0.29) is 18.2 Å². The van der Waals surface area contributed by atoms with Crippen molar-refractivity contribution in [3.63, 3.8) is 0 Å². The van der Waals surface area contributed by atoms with E-state index < -0.39 is 0 Å². The van der Waals surface area contributed by atoms with Gasteiger partial charge in [-0.05, 0) is 43.0 Å². The molecule has 25 heavy (non-hydrogen) atoms. The quantitative estimate of drug-likeness (QED) is 0.856. The first-order chi connectivity index (χ1) is 11.9. The molecule has 0 atom stereocenters. The fourth-order valence-corrected chi connectivity index (χ4v) is 2.93. The third kappa shape index (κ3) is 4.69. The van der Waals surface area contributed by atoms with E-state index in [2.05, 4.69) is 12.2 Å². The second-order valence-electron chi connectivity index (χ2n) is 6.22. The molecule has 0 unspecified atom stereocenters. The maximum absolute atomic E-state index is 12.4. The smallest absolute Gasteiger partial charge is 0.226 e. The zero-order valence-corrected chi connectivity index (χ0v) is 15.4. The highest BCUT2D eigenvalue weighted by Gasteiger charge is 2.16. The molecule has 0 saturated heterocycles. The van der Waals surface area contributed by atoms with Crippen LogP contribution in [0.3, 0.4) is 0 Å². The summed E-state index contributed by atoms with van der Waals surface area (Å²) in [4.78, 5) is 26.1. The average molecular weight is 338 g/mol. The molecule has 2 rings (SSSR count). The molecule has 2 amide bonds. The molecule has 0 aliphatic heterocycles. The van der Waals surface area contributed by atoms with Crippen LogP contribution >= 0.6 is 0 Å². The van der Waals surface area contributed by atoms with Gasteiger partial charge in [0.05, 0.1) is 0 Å². The van der Waals surface area contributed by atoms with E-state index in [1.165, 1.54) is 6.92 Å². The SMILES string of the molecule is CCc1cccc(C)c1NC(=O)CCN(C(C)=O)c1ccccc1C. The minimum Gasteiger partial charge on any atom is -0.326 e. The fourth-order valence-electron chi connectivity index (χ4n) is 2.93. The molecule has 0 saturated carbocycles. The summed E-state index contributed by atoms with van der Waals surface area (Å²) in [6.45, 7) is 7.91. The Kier molecular flexibility index (Phi) is 6.34. The number of aryl methyl sites for hydroxylation is 3. The molecular weight excluding hydrogens is 312 g/mol. The van der Waals surface area contributed by atoms with Crippen LogP contribution in [0.4, 0.5) is 11.4 Å². The number of hydrogen-bond acceptors (Lipinski definition) is 2. The van der Waals surface area contributed by atoms with Crippen molar-refractivity contribution in [3.05, 3.63) is 59.2 Å². The number of rotatable bonds is 6. The zero-order chi connectivity index (χ0) is 18.4. The molecule has 4 heteroatoms. The molecule has 132 valence electrons. The Labute approximate surface area is 149 Å². The highest BCUT2D eigenvalue weighted by atomic mass is 16.2. The van der Waals surface area contributed by atoms with Gasteiger partial charge in [-0.25, -0.2) is 0 Å². The monoisotopic (exact) mass is 338 g/mol. The first-order valence-corrected chi connectivity index (χ1v) is 8.66. The van der Waals surface area contributed by atoms with Crippen molar-refractivity contribution in [1.29, 1.82) is 0 Å². The molecular formula is C21H26N2O2. The number of carbonyl (C=O) groups excluding carboxylic acids is 2. The Balaban J connectivity index is 2.08. The molecule has 0 aromatic heterocycles. The van der Waals surface area contributed by atoms with Gasteiger partial charge in [-0.1, -0.05) is 43.3 Å². The van der Waals surface area contributed by atoms with Gasteiger partial charge in [-0.15, -0.1) is 0 Å². The topological polar surface area (TPSA) is 49.4 Å². The van der Waals surface area contributed by atoms with Crippen molar-refractivity contribution < 1.29 is 9.59 Å². The number of nitrogens with one attached hydrogen (secondary N) is 1. The average Bonchev–Trinajstić information content (AvgIpc) is 2.58. The Morgan fingerprint density at radius 3 is 2.32 bits per heavy atom. The summed E-state index contributed by atoms with van der Waals surface area (Å²) in [6.07, 6.45) is 1.12. The van der Waals surface area contributed by atoms with E-state index in [9.17, 15) is 9.59 Å². The summed E-state index contributed by atoms with van der Waals surface area (Å²) in [7, 11) is 0. The van der Waals surface area contributed by atoms with Crippen LogP contribution < -0.4 is 10.2 Å². The molecule has 1 N–H and O–H groups in total. The molecule has 0 bridgehead atoms. The van der Waals surface area contributed by atoms with Crippen molar-refractivity contribution >= 4 is 23.2 Å². The van der Waals surface area contributed by atoms with Crippen LogP contribution in [0.1, 0.15) is 37.0 Å². The van der Waals surface area contributed by atoms with Crippen molar-refractivity contribution in [2.24, 2.45) is 0 Å². The van der Waals surface area contributed by atoms with Gasteiger partial charge in [0.1, 0.15) is 0 Å². The summed E-state index contributed by atoms with van der Waals surface area (Å²) < 4.78 is 0. The number of para-hydroxylation sites is 2. The largest absolute Gasteiger partial charge is 0.326 e. The molecule has 0 radical (unpaired) electrons. The minimum absolute atomic E-state index is 0.0627. The van der Waals surface area contributed by atoms with Gasteiger partial charge in [0.15, 0.2) is 0 Å². The molecule has 0 spiro atoms. The van der Waals surface area contributed by atoms with E-state index in [4.69, 9.17) is 0 Å². The van der Waals surface area contributed by atoms with Crippen LogP contribution in [-0.4, -0.2) is 18.4 Å². The lowest BCUT2D eigenvalue weighted by molar-refractivity contribution is -0.117. The summed E-state index contributed by atoms with van der Waals surface area (Å²) in [5, 5.41) is 3.01. The molecule has 0 aliphatic carbocycles. The van der Waals surface area contributed by atoms with Gasteiger partial charge in [-0.2, -0.15) is 0 Å². The highest BCUT2D eigenvalue weighted by Crippen LogP contribution is 2.22. The second-order valence-corrected chi connectivity index (χ2v) is 6.22. The fraction of sp³-hybridized carbons (Fsp3) is 0.333. The van der Waals surface area contributed by atoms with Crippen molar-refractivity contribution in [1.82, 2.24) is 0 Å². The van der Waals surface area contributed by atoms with Crippen molar-refractivity contribution in [2.45, 2.75) is 40.5 Å². The minimum atomic E-state index is -0.0798. The van der Waals surface area contributed by atoms with Crippen LogP contribution in [0.2, 0.25) is 0 Å². The van der Waals surface area contributed by atoms with Gasteiger partial charge in [0.25, 0.3) is 0 Å². The molecule has 0 heterocycles. The summed E-state index contributed by atoms with van der Waals surface area (Å²) in [5.74, 6) is -0.143. The van der Waals surface area contributed by atoms with Crippen LogP contribution in [0.15, 0.2) is 42.5 Å². The lowest BCUT2D eigenvalue weighted by atomic mass is 10.1. The summed E-state index contributed by atoms with van der Waals surface area (Å²) in [5.41, 5.74) is 4.93. The Hall–Kier alpha value is -2.62. The van der Waals surface area contributed by atoms with E-state index in [0.717, 1.165) is 34.5 Å². The van der Waals surface area contributed by atoms with Gasteiger partial charge >= 0.3 is 0 Å². The van der Waals surface area contributed by atoms with E-state index in [1.54, 1.807) is 4.90 Å². The van der Waals surface area contributed by atoms with E-state index in [1.807, 2.05) is 56.3 Å². The van der Waals surface area contributed by atoms with Crippen molar-refractivity contribution in [3.8, 4) is 0 Å². The molecule has 0 fully saturated rings. The lowest BCUT2D eigenvalue weighted by Crippen LogP contribution is -2.32. The third-order valence-corrected chi connectivity index (χ3v) is 4.35. The molecule has 4 nitrogen and oxygen atoms in total. The Morgan fingerprint density at radius 2 is 1.68 bits per heavy atom. The Morgan fingerprint density at radius 1 is 1.00 bits per heavy atom. The van der Waals surface area contributed by atoms with Gasteiger partial charge in [-0.3, -0.25) is 9.59 Å². The van der Waals surface area contributed by atoms with Gasteiger partial charge in [0, 0.05) is 31.3 Å². The predicted molar refractivity (Wildman–Crippen MR) is 103 cm³/mol. The maximum Gasteiger partial charge on any atom is 0.226 e.